The molecule has 0 amide bonds. The molecule has 12 heavy (non-hydrogen) atoms. The fraction of sp³-hybridized carbons (Fsp3) is 1.00. The SMILES string of the molecule is CC(C)CCCC(C)CCCS. The lowest BCUT2D eigenvalue weighted by Crippen LogP contribution is -1.97. The predicted octanol–water partition coefficient (Wildman–Crippen LogP) is 4.16. The number of rotatable bonds is 7. The average Bonchev–Trinajstić information content (AvgIpc) is 2.00. The molecule has 0 nitrogen and oxygen atoms in total. The lowest BCUT2D eigenvalue weighted by Gasteiger charge is -2.10. The summed E-state index contributed by atoms with van der Waals surface area (Å²) < 4.78 is 0. The molecular formula is C11H24S. The van der Waals surface area contributed by atoms with Crippen molar-refractivity contribution in [3.05, 3.63) is 0 Å². The van der Waals surface area contributed by atoms with Crippen molar-refractivity contribution >= 4 is 12.6 Å². The van der Waals surface area contributed by atoms with Gasteiger partial charge in [0.2, 0.25) is 0 Å². The Morgan fingerprint density at radius 2 is 1.50 bits per heavy atom. The maximum absolute atomic E-state index is 4.22. The summed E-state index contributed by atoms with van der Waals surface area (Å²) in [4.78, 5) is 0. The van der Waals surface area contributed by atoms with E-state index in [1.54, 1.807) is 0 Å². The average molecular weight is 188 g/mol. The monoisotopic (exact) mass is 188 g/mol. The summed E-state index contributed by atoms with van der Waals surface area (Å²) in [6.07, 6.45) is 6.86. The van der Waals surface area contributed by atoms with E-state index in [4.69, 9.17) is 0 Å². The van der Waals surface area contributed by atoms with Crippen LogP contribution in [0.5, 0.6) is 0 Å². The Hall–Kier alpha value is 0.350. The van der Waals surface area contributed by atoms with E-state index >= 15 is 0 Å². The zero-order chi connectivity index (χ0) is 9.40. The molecule has 0 bridgehead atoms. The van der Waals surface area contributed by atoms with Crippen molar-refractivity contribution in [1.82, 2.24) is 0 Å². The van der Waals surface area contributed by atoms with Gasteiger partial charge in [0.05, 0.1) is 0 Å². The van der Waals surface area contributed by atoms with E-state index in [-0.39, 0.29) is 0 Å². The van der Waals surface area contributed by atoms with Gasteiger partial charge in [0.25, 0.3) is 0 Å². The third-order valence-electron chi connectivity index (χ3n) is 2.33. The van der Waals surface area contributed by atoms with Crippen LogP contribution in [-0.2, 0) is 0 Å². The molecule has 1 unspecified atom stereocenters. The minimum Gasteiger partial charge on any atom is -0.179 e. The van der Waals surface area contributed by atoms with Crippen molar-refractivity contribution in [2.45, 2.75) is 52.9 Å². The van der Waals surface area contributed by atoms with Crippen LogP contribution in [0.15, 0.2) is 0 Å². The van der Waals surface area contributed by atoms with Gasteiger partial charge in [-0.3, -0.25) is 0 Å². The van der Waals surface area contributed by atoms with Gasteiger partial charge < -0.3 is 0 Å². The second-order valence-corrected chi connectivity index (χ2v) is 4.74. The number of hydrogen-bond donors (Lipinski definition) is 1. The zero-order valence-electron chi connectivity index (χ0n) is 8.84. The van der Waals surface area contributed by atoms with Crippen LogP contribution in [0.3, 0.4) is 0 Å². The molecule has 0 aliphatic rings. The molecule has 0 aromatic rings. The highest BCUT2D eigenvalue weighted by Crippen LogP contribution is 2.16. The summed E-state index contributed by atoms with van der Waals surface area (Å²) >= 11 is 4.22. The Morgan fingerprint density at radius 1 is 0.917 bits per heavy atom. The van der Waals surface area contributed by atoms with Crippen molar-refractivity contribution in [1.29, 1.82) is 0 Å². The van der Waals surface area contributed by atoms with Crippen LogP contribution in [0.2, 0.25) is 0 Å². The summed E-state index contributed by atoms with van der Waals surface area (Å²) in [5.74, 6) is 2.84. The molecule has 0 heterocycles. The van der Waals surface area contributed by atoms with Gasteiger partial charge in [-0.1, -0.05) is 40.0 Å². The predicted molar refractivity (Wildman–Crippen MR) is 60.9 cm³/mol. The van der Waals surface area contributed by atoms with Crippen LogP contribution in [0.25, 0.3) is 0 Å². The third kappa shape index (κ3) is 8.45. The van der Waals surface area contributed by atoms with Gasteiger partial charge >= 0.3 is 0 Å². The summed E-state index contributed by atoms with van der Waals surface area (Å²) in [5, 5.41) is 0. The van der Waals surface area contributed by atoms with E-state index in [0.717, 1.165) is 17.6 Å². The Kier molecular flexibility index (Phi) is 8.20. The molecule has 1 heteroatoms. The first-order valence-electron chi connectivity index (χ1n) is 5.27. The van der Waals surface area contributed by atoms with Crippen LogP contribution in [-0.4, -0.2) is 5.75 Å². The fourth-order valence-electron chi connectivity index (χ4n) is 1.46. The zero-order valence-corrected chi connectivity index (χ0v) is 9.74. The molecule has 0 aromatic heterocycles. The first kappa shape index (κ1) is 12.3. The first-order chi connectivity index (χ1) is 5.66. The van der Waals surface area contributed by atoms with E-state index < -0.39 is 0 Å². The van der Waals surface area contributed by atoms with Crippen LogP contribution in [0.4, 0.5) is 0 Å². The van der Waals surface area contributed by atoms with Gasteiger partial charge in [-0.05, 0) is 30.4 Å². The van der Waals surface area contributed by atoms with Gasteiger partial charge in [-0.25, -0.2) is 0 Å². The third-order valence-corrected chi connectivity index (χ3v) is 2.65. The van der Waals surface area contributed by atoms with E-state index in [1.807, 2.05) is 0 Å². The number of thiol groups is 1. The molecule has 0 saturated carbocycles. The molecular weight excluding hydrogens is 164 g/mol. The Labute approximate surface area is 83.5 Å². The molecule has 0 rings (SSSR count). The van der Waals surface area contributed by atoms with Gasteiger partial charge in [-0.2, -0.15) is 12.6 Å². The molecule has 0 N–H and O–H groups in total. The molecule has 0 fully saturated rings. The maximum atomic E-state index is 4.22. The van der Waals surface area contributed by atoms with Gasteiger partial charge in [0.1, 0.15) is 0 Å². The molecule has 0 aromatic carbocycles. The molecule has 74 valence electrons. The van der Waals surface area contributed by atoms with Crippen LogP contribution in [0.1, 0.15) is 52.9 Å². The van der Waals surface area contributed by atoms with E-state index in [1.165, 1.54) is 32.1 Å². The van der Waals surface area contributed by atoms with E-state index in [2.05, 4.69) is 33.4 Å². The van der Waals surface area contributed by atoms with E-state index in [9.17, 15) is 0 Å². The molecule has 0 radical (unpaired) electrons. The summed E-state index contributed by atoms with van der Waals surface area (Å²) in [5.41, 5.74) is 0. The first-order valence-corrected chi connectivity index (χ1v) is 5.91. The minimum absolute atomic E-state index is 0.877. The quantitative estimate of drug-likeness (QED) is 0.570. The van der Waals surface area contributed by atoms with E-state index in [0.29, 0.717) is 0 Å². The lowest BCUT2D eigenvalue weighted by atomic mass is 9.96. The smallest absolute Gasteiger partial charge is 0.00978 e. The topological polar surface area (TPSA) is 0 Å². The number of hydrogen-bond acceptors (Lipinski definition) is 1. The summed E-state index contributed by atoms with van der Waals surface area (Å²) in [6, 6.07) is 0. The van der Waals surface area contributed by atoms with Crippen LogP contribution < -0.4 is 0 Å². The van der Waals surface area contributed by atoms with Gasteiger partial charge in [-0.15, -0.1) is 0 Å². The second-order valence-electron chi connectivity index (χ2n) is 4.30. The molecule has 0 aliphatic carbocycles. The summed E-state index contributed by atoms with van der Waals surface area (Å²) in [6.45, 7) is 6.97. The van der Waals surface area contributed by atoms with Crippen molar-refractivity contribution < 1.29 is 0 Å². The normalized spacial score (nSPS) is 13.8. The van der Waals surface area contributed by atoms with Gasteiger partial charge in [0.15, 0.2) is 0 Å². The standard InChI is InChI=1S/C11H24S/c1-10(2)6-4-7-11(3)8-5-9-12/h10-12H,4-9H2,1-3H3. The Bertz CT molecular complexity index is 89.0. The van der Waals surface area contributed by atoms with Gasteiger partial charge in [0, 0.05) is 0 Å². The molecule has 1 atom stereocenters. The highest BCUT2D eigenvalue weighted by atomic mass is 32.1. The van der Waals surface area contributed by atoms with Crippen molar-refractivity contribution in [2.75, 3.05) is 5.75 Å². The Morgan fingerprint density at radius 3 is 2.00 bits per heavy atom. The molecule has 0 saturated heterocycles. The fourth-order valence-corrected chi connectivity index (χ4v) is 1.64. The largest absolute Gasteiger partial charge is 0.179 e. The Balaban J connectivity index is 3.13. The molecule has 0 aliphatic heterocycles. The lowest BCUT2D eigenvalue weighted by molar-refractivity contribution is 0.434. The van der Waals surface area contributed by atoms with Crippen molar-refractivity contribution in [2.24, 2.45) is 11.8 Å². The minimum atomic E-state index is 0.877. The van der Waals surface area contributed by atoms with Crippen LogP contribution in [0, 0.1) is 11.8 Å². The van der Waals surface area contributed by atoms with Crippen molar-refractivity contribution in [3.63, 3.8) is 0 Å². The highest BCUT2D eigenvalue weighted by molar-refractivity contribution is 7.80. The second kappa shape index (κ2) is 7.97. The molecule has 0 spiro atoms. The van der Waals surface area contributed by atoms with Crippen molar-refractivity contribution in [3.8, 4) is 0 Å². The highest BCUT2D eigenvalue weighted by Gasteiger charge is 2.01. The maximum Gasteiger partial charge on any atom is -0.00978 e. The van der Waals surface area contributed by atoms with Crippen LogP contribution >= 0.6 is 12.6 Å². The summed E-state index contributed by atoms with van der Waals surface area (Å²) in [7, 11) is 0.